The molecule has 0 atom stereocenters. The molecule has 5 heteroatoms. The molecule has 0 amide bonds. The van der Waals surface area contributed by atoms with E-state index in [0.717, 1.165) is 4.90 Å². The van der Waals surface area contributed by atoms with Crippen molar-refractivity contribution in [3.05, 3.63) is 51.5 Å². The van der Waals surface area contributed by atoms with Crippen molar-refractivity contribution in [1.82, 2.24) is 0 Å². The molecule has 0 fully saturated rings. The molecule has 0 radical (unpaired) electrons. The Morgan fingerprint density at radius 2 is 1.72 bits per heavy atom. The van der Waals surface area contributed by atoms with E-state index < -0.39 is 0 Å². The van der Waals surface area contributed by atoms with E-state index in [9.17, 15) is 0 Å². The number of rotatable bonds is 3. The van der Waals surface area contributed by atoms with Crippen LogP contribution in [0.25, 0.3) is 0 Å². The van der Waals surface area contributed by atoms with Crippen LogP contribution in [0.5, 0.6) is 11.5 Å². The monoisotopic (exact) mass is 318 g/mol. The van der Waals surface area contributed by atoms with Gasteiger partial charge in [-0.25, -0.2) is 0 Å². The van der Waals surface area contributed by atoms with Crippen molar-refractivity contribution < 1.29 is 4.74 Å². The summed E-state index contributed by atoms with van der Waals surface area (Å²) in [4.78, 5) is 0.958. The average Bonchev–Trinajstić information content (AvgIpc) is 2.35. The standard InChI is InChI=1S/C13H9Cl3OS/c1-18-13-7-9(3-4-10(13)15)17-12-5-2-8(14)6-11(12)16/h2-7H,1H3. The van der Waals surface area contributed by atoms with Crippen LogP contribution in [0.3, 0.4) is 0 Å². The van der Waals surface area contributed by atoms with Crippen LogP contribution < -0.4 is 4.74 Å². The van der Waals surface area contributed by atoms with Crippen LogP contribution in [0.2, 0.25) is 15.1 Å². The van der Waals surface area contributed by atoms with Gasteiger partial charge in [-0.05, 0) is 42.7 Å². The summed E-state index contributed by atoms with van der Waals surface area (Å²) in [6.07, 6.45) is 1.96. The van der Waals surface area contributed by atoms with E-state index >= 15 is 0 Å². The smallest absolute Gasteiger partial charge is 0.146 e. The number of thioether (sulfide) groups is 1. The van der Waals surface area contributed by atoms with Crippen LogP contribution in [0.15, 0.2) is 41.3 Å². The molecule has 0 unspecified atom stereocenters. The molecule has 0 N–H and O–H groups in total. The molecule has 0 aliphatic heterocycles. The van der Waals surface area contributed by atoms with Crippen molar-refractivity contribution >= 4 is 46.6 Å². The lowest BCUT2D eigenvalue weighted by Gasteiger charge is -2.09. The molecule has 2 rings (SSSR count). The van der Waals surface area contributed by atoms with Gasteiger partial charge in [0.15, 0.2) is 0 Å². The lowest BCUT2D eigenvalue weighted by Crippen LogP contribution is -1.86. The first-order chi connectivity index (χ1) is 8.60. The summed E-state index contributed by atoms with van der Waals surface area (Å²) in [6, 6.07) is 10.6. The van der Waals surface area contributed by atoms with Crippen molar-refractivity contribution in [2.75, 3.05) is 6.26 Å². The average molecular weight is 320 g/mol. The zero-order valence-corrected chi connectivity index (χ0v) is 12.5. The summed E-state index contributed by atoms with van der Waals surface area (Å²) in [5.74, 6) is 1.25. The molecule has 2 aromatic carbocycles. The summed E-state index contributed by atoms with van der Waals surface area (Å²) >= 11 is 19.5. The van der Waals surface area contributed by atoms with Crippen LogP contribution in [-0.4, -0.2) is 6.26 Å². The molecule has 0 aliphatic carbocycles. The van der Waals surface area contributed by atoms with Crippen LogP contribution in [0, 0.1) is 0 Å². The van der Waals surface area contributed by atoms with E-state index in [-0.39, 0.29) is 0 Å². The molecule has 0 aromatic heterocycles. The molecule has 0 saturated heterocycles. The number of hydrogen-bond acceptors (Lipinski definition) is 2. The third kappa shape index (κ3) is 3.27. The maximum atomic E-state index is 6.04. The molecule has 0 heterocycles. The Labute approximate surface area is 125 Å². The molecule has 1 nitrogen and oxygen atoms in total. The molecule has 94 valence electrons. The molecular weight excluding hydrogens is 311 g/mol. The normalized spacial score (nSPS) is 10.4. The molecular formula is C13H9Cl3OS. The SMILES string of the molecule is CSc1cc(Oc2ccc(Cl)cc2Cl)ccc1Cl. The first-order valence-corrected chi connectivity index (χ1v) is 7.42. The summed E-state index contributed by atoms with van der Waals surface area (Å²) in [5.41, 5.74) is 0. The molecule has 0 saturated carbocycles. The number of hydrogen-bond donors (Lipinski definition) is 0. The van der Waals surface area contributed by atoms with Gasteiger partial charge in [0.05, 0.1) is 10.0 Å². The fraction of sp³-hybridized carbons (Fsp3) is 0.0769. The Balaban J connectivity index is 2.28. The first-order valence-electron chi connectivity index (χ1n) is 5.06. The van der Waals surface area contributed by atoms with E-state index in [4.69, 9.17) is 39.5 Å². The van der Waals surface area contributed by atoms with Crippen LogP contribution in [-0.2, 0) is 0 Å². The second kappa shape index (κ2) is 6.07. The molecule has 0 aliphatic rings. The molecule has 0 spiro atoms. The minimum Gasteiger partial charge on any atom is -0.456 e. The Morgan fingerprint density at radius 1 is 0.944 bits per heavy atom. The highest BCUT2D eigenvalue weighted by Gasteiger charge is 2.06. The van der Waals surface area contributed by atoms with Crippen molar-refractivity contribution in [2.24, 2.45) is 0 Å². The highest BCUT2D eigenvalue weighted by Crippen LogP contribution is 2.34. The zero-order valence-electron chi connectivity index (χ0n) is 9.41. The van der Waals surface area contributed by atoms with Gasteiger partial charge >= 0.3 is 0 Å². The lowest BCUT2D eigenvalue weighted by molar-refractivity contribution is 0.481. The summed E-state index contributed by atoms with van der Waals surface area (Å²) in [5, 5.41) is 1.76. The quantitative estimate of drug-likeness (QED) is 0.626. The van der Waals surface area contributed by atoms with E-state index in [2.05, 4.69) is 0 Å². The van der Waals surface area contributed by atoms with Gasteiger partial charge < -0.3 is 4.74 Å². The van der Waals surface area contributed by atoms with Crippen molar-refractivity contribution in [1.29, 1.82) is 0 Å². The maximum absolute atomic E-state index is 6.04. The van der Waals surface area contributed by atoms with E-state index in [0.29, 0.717) is 26.6 Å². The number of ether oxygens (including phenoxy) is 1. The Bertz CT molecular complexity index is 572. The summed E-state index contributed by atoms with van der Waals surface area (Å²) in [7, 11) is 0. The van der Waals surface area contributed by atoms with Gasteiger partial charge in [-0.1, -0.05) is 34.8 Å². The molecule has 18 heavy (non-hydrogen) atoms. The fourth-order valence-corrected chi connectivity index (χ4v) is 2.68. The number of benzene rings is 2. The topological polar surface area (TPSA) is 9.23 Å². The van der Waals surface area contributed by atoms with Gasteiger partial charge in [-0.2, -0.15) is 0 Å². The van der Waals surface area contributed by atoms with E-state index in [1.807, 2.05) is 12.3 Å². The Hall–Kier alpha value is -0.540. The largest absolute Gasteiger partial charge is 0.456 e. The second-order valence-electron chi connectivity index (χ2n) is 3.47. The molecule has 0 bridgehead atoms. The van der Waals surface area contributed by atoms with Gasteiger partial charge in [0.25, 0.3) is 0 Å². The zero-order chi connectivity index (χ0) is 13.1. The van der Waals surface area contributed by atoms with Gasteiger partial charge in [-0.3, -0.25) is 0 Å². The van der Waals surface area contributed by atoms with Crippen molar-refractivity contribution in [3.63, 3.8) is 0 Å². The van der Waals surface area contributed by atoms with E-state index in [1.165, 1.54) is 0 Å². The number of halogens is 3. The maximum Gasteiger partial charge on any atom is 0.146 e. The highest BCUT2D eigenvalue weighted by molar-refractivity contribution is 7.98. The Morgan fingerprint density at radius 3 is 2.39 bits per heavy atom. The third-order valence-electron chi connectivity index (χ3n) is 2.24. The van der Waals surface area contributed by atoms with Gasteiger partial charge in [-0.15, -0.1) is 11.8 Å². The minimum absolute atomic E-state index is 0.475. The van der Waals surface area contributed by atoms with Crippen LogP contribution in [0.1, 0.15) is 0 Å². The predicted molar refractivity (Wildman–Crippen MR) is 79.8 cm³/mol. The van der Waals surface area contributed by atoms with Crippen molar-refractivity contribution in [2.45, 2.75) is 4.90 Å². The van der Waals surface area contributed by atoms with Gasteiger partial charge in [0.1, 0.15) is 11.5 Å². The summed E-state index contributed by atoms with van der Waals surface area (Å²) in [6.45, 7) is 0. The van der Waals surface area contributed by atoms with Gasteiger partial charge in [0, 0.05) is 9.92 Å². The highest BCUT2D eigenvalue weighted by atomic mass is 35.5. The van der Waals surface area contributed by atoms with Crippen LogP contribution in [0.4, 0.5) is 0 Å². The fourth-order valence-electron chi connectivity index (χ4n) is 1.39. The predicted octanol–water partition coefficient (Wildman–Crippen LogP) is 6.16. The lowest BCUT2D eigenvalue weighted by atomic mass is 10.3. The van der Waals surface area contributed by atoms with E-state index in [1.54, 1.807) is 42.1 Å². The van der Waals surface area contributed by atoms with Crippen molar-refractivity contribution in [3.8, 4) is 11.5 Å². The van der Waals surface area contributed by atoms with Gasteiger partial charge in [0.2, 0.25) is 0 Å². The minimum atomic E-state index is 0.475. The first kappa shape index (κ1) is 13.9. The van der Waals surface area contributed by atoms with Crippen LogP contribution >= 0.6 is 46.6 Å². The Kier molecular flexibility index (Phi) is 4.68. The second-order valence-corrected chi connectivity index (χ2v) is 5.57. The third-order valence-corrected chi connectivity index (χ3v) is 3.99. The molecule has 2 aromatic rings. The summed E-state index contributed by atoms with van der Waals surface area (Å²) < 4.78 is 5.70.